The zero-order valence-electron chi connectivity index (χ0n) is 30.9. The molecule has 0 nitrogen and oxygen atoms in total. The molecule has 0 unspecified atom stereocenters. The molecule has 9 aromatic carbocycles. The van der Waals surface area contributed by atoms with Crippen LogP contribution in [0.15, 0.2) is 231 Å². The van der Waals surface area contributed by atoms with E-state index in [4.69, 9.17) is 0 Å². The number of benzene rings is 9. The molecule has 0 aromatic heterocycles. The van der Waals surface area contributed by atoms with Gasteiger partial charge in [0.05, 0.1) is 10.8 Å². The summed E-state index contributed by atoms with van der Waals surface area (Å²) < 4.78 is 0. The van der Waals surface area contributed by atoms with Crippen LogP contribution in [0.1, 0.15) is 44.5 Å². The zero-order valence-corrected chi connectivity index (χ0v) is 30.9. The summed E-state index contributed by atoms with van der Waals surface area (Å²) in [5, 5.41) is 0. The third-order valence-corrected chi connectivity index (χ3v) is 12.5. The number of hydrogen-bond donors (Lipinski definition) is 0. The fraction of sp³-hybridized carbons (Fsp3) is 0.0357. The molecular formula is C56H38. The normalized spacial score (nSPS) is 14.0. The summed E-state index contributed by atoms with van der Waals surface area (Å²) in [6.07, 6.45) is 0. The van der Waals surface area contributed by atoms with Gasteiger partial charge in [-0.05, 0) is 95.1 Å². The Hall–Kier alpha value is -7.02. The molecule has 0 amide bonds. The SMILES string of the molecule is c1ccc(C2(c3ccc(-c4cccc(-c5ccc(C6(c7ccccc7)c7ccccc7-c7ccccc76)cc5)c4)cc3)c3ccccc3-c3ccccc32)cc1. The average Bonchev–Trinajstić information content (AvgIpc) is 3.76. The van der Waals surface area contributed by atoms with Gasteiger partial charge in [0, 0.05) is 0 Å². The first kappa shape index (κ1) is 32.4. The largest absolute Gasteiger partial charge is 0.0713 e. The minimum Gasteiger partial charge on any atom is -0.0622 e. The molecule has 2 aliphatic carbocycles. The lowest BCUT2D eigenvalue weighted by Crippen LogP contribution is -2.28. The number of rotatable bonds is 6. The highest BCUT2D eigenvalue weighted by molar-refractivity contribution is 5.88. The van der Waals surface area contributed by atoms with Gasteiger partial charge in [-0.25, -0.2) is 0 Å². The van der Waals surface area contributed by atoms with Crippen molar-refractivity contribution < 1.29 is 0 Å². The molecule has 0 saturated carbocycles. The van der Waals surface area contributed by atoms with E-state index in [2.05, 4.69) is 231 Å². The molecule has 11 rings (SSSR count). The summed E-state index contributed by atoms with van der Waals surface area (Å²) >= 11 is 0. The van der Waals surface area contributed by atoms with E-state index in [-0.39, 0.29) is 0 Å². The van der Waals surface area contributed by atoms with Crippen molar-refractivity contribution >= 4 is 0 Å². The summed E-state index contributed by atoms with van der Waals surface area (Å²) in [7, 11) is 0. The van der Waals surface area contributed by atoms with Gasteiger partial charge in [0.1, 0.15) is 0 Å². The van der Waals surface area contributed by atoms with Gasteiger partial charge in [-0.15, -0.1) is 0 Å². The Labute approximate surface area is 329 Å². The number of hydrogen-bond acceptors (Lipinski definition) is 0. The standard InChI is InChI=1S/C56H38/c1-3-18-43(19-4-1)55(51-26-11-7-22-47(51)48-23-8-12-27-52(48)55)45-34-30-39(31-35-45)41-16-15-17-42(38-41)40-32-36-46(37-33-40)56(44-20-5-2-6-21-44)53-28-13-9-24-49(53)50-25-10-14-29-54(50)56/h1-38H. The van der Waals surface area contributed by atoms with Crippen molar-refractivity contribution in [1.29, 1.82) is 0 Å². The molecule has 0 saturated heterocycles. The summed E-state index contributed by atoms with van der Waals surface area (Å²) in [6.45, 7) is 0. The van der Waals surface area contributed by atoms with Crippen LogP contribution in [0.3, 0.4) is 0 Å². The Morgan fingerprint density at radius 1 is 0.196 bits per heavy atom. The topological polar surface area (TPSA) is 0 Å². The van der Waals surface area contributed by atoms with Gasteiger partial charge in [-0.1, -0.05) is 224 Å². The van der Waals surface area contributed by atoms with Crippen LogP contribution in [-0.2, 0) is 10.8 Å². The van der Waals surface area contributed by atoms with Gasteiger partial charge in [0.15, 0.2) is 0 Å². The Morgan fingerprint density at radius 3 is 0.821 bits per heavy atom. The molecule has 0 aliphatic heterocycles. The lowest BCUT2D eigenvalue weighted by atomic mass is 9.67. The van der Waals surface area contributed by atoms with E-state index in [9.17, 15) is 0 Å². The molecule has 9 aromatic rings. The third kappa shape index (κ3) is 4.60. The highest BCUT2D eigenvalue weighted by Gasteiger charge is 2.47. The lowest BCUT2D eigenvalue weighted by molar-refractivity contribution is 0.768. The van der Waals surface area contributed by atoms with Crippen LogP contribution < -0.4 is 0 Å². The van der Waals surface area contributed by atoms with E-state index in [1.165, 1.54) is 89.0 Å². The Kier molecular flexibility index (Phi) is 7.41. The maximum atomic E-state index is 2.35. The van der Waals surface area contributed by atoms with Gasteiger partial charge in [0.2, 0.25) is 0 Å². The van der Waals surface area contributed by atoms with E-state index in [1.807, 2.05) is 0 Å². The summed E-state index contributed by atoms with van der Waals surface area (Å²) in [4.78, 5) is 0. The molecular weight excluding hydrogens is 673 g/mol. The highest BCUT2D eigenvalue weighted by atomic mass is 14.5. The molecule has 0 atom stereocenters. The fourth-order valence-corrected chi connectivity index (χ4v) is 10.1. The predicted octanol–water partition coefficient (Wildman–Crippen LogP) is 13.7. The maximum absolute atomic E-state index is 2.35. The Morgan fingerprint density at radius 2 is 0.482 bits per heavy atom. The molecule has 0 heterocycles. The van der Waals surface area contributed by atoms with Crippen molar-refractivity contribution in [2.24, 2.45) is 0 Å². The molecule has 0 fully saturated rings. The average molecular weight is 711 g/mol. The van der Waals surface area contributed by atoms with Gasteiger partial charge < -0.3 is 0 Å². The first-order valence-electron chi connectivity index (χ1n) is 19.6. The maximum Gasteiger partial charge on any atom is 0.0713 e. The van der Waals surface area contributed by atoms with Crippen LogP contribution in [0.4, 0.5) is 0 Å². The second-order valence-corrected chi connectivity index (χ2v) is 15.1. The van der Waals surface area contributed by atoms with Gasteiger partial charge in [-0.3, -0.25) is 0 Å². The summed E-state index contributed by atoms with van der Waals surface area (Å²) in [6, 6.07) is 85.4. The molecule has 0 bridgehead atoms. The zero-order chi connectivity index (χ0) is 37.1. The van der Waals surface area contributed by atoms with Gasteiger partial charge in [-0.2, -0.15) is 0 Å². The van der Waals surface area contributed by atoms with Crippen molar-refractivity contribution in [3.8, 4) is 44.5 Å². The molecule has 56 heavy (non-hydrogen) atoms. The summed E-state index contributed by atoms with van der Waals surface area (Å²) in [5.74, 6) is 0. The van der Waals surface area contributed by atoms with Crippen molar-refractivity contribution in [3.05, 3.63) is 275 Å². The van der Waals surface area contributed by atoms with Crippen molar-refractivity contribution in [1.82, 2.24) is 0 Å². The highest BCUT2D eigenvalue weighted by Crippen LogP contribution is 2.57. The molecule has 0 radical (unpaired) electrons. The third-order valence-electron chi connectivity index (χ3n) is 12.5. The molecule has 0 N–H and O–H groups in total. The monoisotopic (exact) mass is 710 g/mol. The Bertz CT molecular complexity index is 2590. The first-order chi connectivity index (χ1) is 27.8. The fourth-order valence-electron chi connectivity index (χ4n) is 10.1. The minimum atomic E-state index is -0.395. The van der Waals surface area contributed by atoms with E-state index in [0.717, 1.165) is 0 Å². The van der Waals surface area contributed by atoms with E-state index < -0.39 is 10.8 Å². The van der Waals surface area contributed by atoms with Crippen LogP contribution in [0, 0.1) is 0 Å². The van der Waals surface area contributed by atoms with Crippen LogP contribution in [0.2, 0.25) is 0 Å². The Balaban J connectivity index is 0.985. The number of fused-ring (bicyclic) bond motifs is 6. The van der Waals surface area contributed by atoms with Crippen molar-refractivity contribution in [2.75, 3.05) is 0 Å². The van der Waals surface area contributed by atoms with Crippen molar-refractivity contribution in [3.63, 3.8) is 0 Å². The molecule has 2 aliphatic rings. The second kappa shape index (κ2) is 12.8. The second-order valence-electron chi connectivity index (χ2n) is 15.1. The van der Waals surface area contributed by atoms with Crippen molar-refractivity contribution in [2.45, 2.75) is 10.8 Å². The predicted molar refractivity (Wildman–Crippen MR) is 232 cm³/mol. The molecule has 0 spiro atoms. The quantitative estimate of drug-likeness (QED) is 0.161. The van der Waals surface area contributed by atoms with Crippen LogP contribution in [0.25, 0.3) is 44.5 Å². The molecule has 0 heteroatoms. The smallest absolute Gasteiger partial charge is 0.0622 e. The van der Waals surface area contributed by atoms with E-state index in [0.29, 0.717) is 0 Å². The summed E-state index contributed by atoms with van der Waals surface area (Å²) in [5.41, 5.74) is 19.8. The lowest BCUT2D eigenvalue weighted by Gasteiger charge is -2.34. The van der Waals surface area contributed by atoms with Gasteiger partial charge >= 0.3 is 0 Å². The van der Waals surface area contributed by atoms with Gasteiger partial charge in [0.25, 0.3) is 0 Å². The van der Waals surface area contributed by atoms with E-state index in [1.54, 1.807) is 0 Å². The van der Waals surface area contributed by atoms with E-state index >= 15 is 0 Å². The minimum absolute atomic E-state index is 0.395. The van der Waals surface area contributed by atoms with Crippen LogP contribution >= 0.6 is 0 Å². The van der Waals surface area contributed by atoms with Crippen LogP contribution in [-0.4, -0.2) is 0 Å². The van der Waals surface area contributed by atoms with Crippen LogP contribution in [0.5, 0.6) is 0 Å². The molecule has 262 valence electrons. The first-order valence-corrected chi connectivity index (χ1v) is 19.6.